The van der Waals surface area contributed by atoms with E-state index in [2.05, 4.69) is 75.7 Å². The Kier molecular flexibility index (Phi) is 4.81. The van der Waals surface area contributed by atoms with Gasteiger partial charge < -0.3 is 4.57 Å². The SMILES string of the molecule is Cc1ccc(Cn2cc(-c3nnnn3Cc3cccc(Cl)c3)c3ccccc32)cc1. The smallest absolute Gasteiger partial charge is 0.184 e. The third-order valence-electron chi connectivity index (χ3n) is 5.26. The maximum absolute atomic E-state index is 6.15. The maximum Gasteiger partial charge on any atom is 0.184 e. The summed E-state index contributed by atoms with van der Waals surface area (Å²) in [6.07, 6.45) is 2.14. The van der Waals surface area contributed by atoms with Gasteiger partial charge in [0.1, 0.15) is 0 Å². The lowest BCUT2D eigenvalue weighted by atomic mass is 10.1. The monoisotopic (exact) mass is 413 g/mol. The summed E-state index contributed by atoms with van der Waals surface area (Å²) in [7, 11) is 0. The molecule has 0 spiro atoms. The highest BCUT2D eigenvalue weighted by Gasteiger charge is 2.16. The minimum atomic E-state index is 0.556. The summed E-state index contributed by atoms with van der Waals surface area (Å²) >= 11 is 6.15. The molecule has 0 unspecified atom stereocenters. The van der Waals surface area contributed by atoms with Crippen molar-refractivity contribution >= 4 is 22.5 Å². The van der Waals surface area contributed by atoms with Crippen molar-refractivity contribution in [1.82, 2.24) is 24.8 Å². The highest BCUT2D eigenvalue weighted by Crippen LogP contribution is 2.30. The second-order valence-corrected chi connectivity index (χ2v) is 7.90. The average molecular weight is 414 g/mol. The lowest BCUT2D eigenvalue weighted by Crippen LogP contribution is -2.04. The van der Waals surface area contributed by atoms with Crippen LogP contribution in [-0.2, 0) is 13.1 Å². The van der Waals surface area contributed by atoms with Crippen molar-refractivity contribution in [3.63, 3.8) is 0 Å². The molecular formula is C24H20ClN5. The Hall–Kier alpha value is -3.44. The molecule has 0 fully saturated rings. The van der Waals surface area contributed by atoms with Crippen LogP contribution >= 0.6 is 11.6 Å². The summed E-state index contributed by atoms with van der Waals surface area (Å²) in [4.78, 5) is 0. The van der Waals surface area contributed by atoms with Gasteiger partial charge in [0.05, 0.1) is 6.54 Å². The third-order valence-corrected chi connectivity index (χ3v) is 5.49. The molecule has 0 amide bonds. The molecule has 0 saturated heterocycles. The van der Waals surface area contributed by atoms with Crippen LogP contribution in [-0.4, -0.2) is 24.8 Å². The van der Waals surface area contributed by atoms with Crippen LogP contribution in [0.2, 0.25) is 5.02 Å². The van der Waals surface area contributed by atoms with Gasteiger partial charge >= 0.3 is 0 Å². The van der Waals surface area contributed by atoms with Crippen LogP contribution in [0.5, 0.6) is 0 Å². The Morgan fingerprint density at radius 1 is 0.867 bits per heavy atom. The van der Waals surface area contributed by atoms with Crippen LogP contribution in [0.25, 0.3) is 22.3 Å². The summed E-state index contributed by atoms with van der Waals surface area (Å²) in [5.41, 5.74) is 5.75. The van der Waals surface area contributed by atoms with Crippen LogP contribution in [0.3, 0.4) is 0 Å². The van der Waals surface area contributed by atoms with Gasteiger partial charge in [0, 0.05) is 34.2 Å². The van der Waals surface area contributed by atoms with E-state index >= 15 is 0 Å². The molecule has 2 heterocycles. The fourth-order valence-corrected chi connectivity index (χ4v) is 3.97. The van der Waals surface area contributed by atoms with E-state index in [1.165, 1.54) is 11.1 Å². The van der Waals surface area contributed by atoms with E-state index in [0.717, 1.165) is 34.4 Å². The molecule has 30 heavy (non-hydrogen) atoms. The van der Waals surface area contributed by atoms with Crippen molar-refractivity contribution in [2.45, 2.75) is 20.0 Å². The van der Waals surface area contributed by atoms with E-state index in [0.29, 0.717) is 11.6 Å². The van der Waals surface area contributed by atoms with E-state index < -0.39 is 0 Å². The van der Waals surface area contributed by atoms with Crippen molar-refractivity contribution in [3.8, 4) is 11.4 Å². The van der Waals surface area contributed by atoms with Crippen molar-refractivity contribution in [2.75, 3.05) is 0 Å². The number of hydrogen-bond acceptors (Lipinski definition) is 3. The molecule has 5 aromatic rings. The van der Waals surface area contributed by atoms with Gasteiger partial charge in [-0.1, -0.05) is 71.8 Å². The maximum atomic E-state index is 6.15. The van der Waals surface area contributed by atoms with Gasteiger partial charge in [0.2, 0.25) is 0 Å². The molecule has 148 valence electrons. The molecule has 0 saturated carbocycles. The molecule has 5 rings (SSSR count). The van der Waals surface area contributed by atoms with E-state index in [-0.39, 0.29) is 0 Å². The lowest BCUT2D eigenvalue weighted by molar-refractivity contribution is 0.653. The molecule has 0 aliphatic carbocycles. The van der Waals surface area contributed by atoms with Crippen molar-refractivity contribution in [1.29, 1.82) is 0 Å². The number of para-hydroxylation sites is 1. The molecule has 0 atom stereocenters. The number of tetrazole rings is 1. The lowest BCUT2D eigenvalue weighted by Gasteiger charge is -2.06. The Morgan fingerprint density at radius 3 is 2.53 bits per heavy atom. The molecule has 3 aromatic carbocycles. The van der Waals surface area contributed by atoms with Gasteiger partial charge in [-0.3, -0.25) is 0 Å². The number of fused-ring (bicyclic) bond motifs is 1. The largest absolute Gasteiger partial charge is 0.342 e. The number of rotatable bonds is 5. The fourth-order valence-electron chi connectivity index (χ4n) is 3.76. The predicted molar refractivity (Wildman–Crippen MR) is 120 cm³/mol. The zero-order chi connectivity index (χ0) is 20.5. The van der Waals surface area contributed by atoms with Gasteiger partial charge in [0.25, 0.3) is 0 Å². The first-order valence-corrected chi connectivity index (χ1v) is 10.2. The Morgan fingerprint density at radius 2 is 1.70 bits per heavy atom. The van der Waals surface area contributed by atoms with Crippen LogP contribution < -0.4 is 0 Å². The van der Waals surface area contributed by atoms with Gasteiger partial charge in [-0.25, -0.2) is 4.68 Å². The van der Waals surface area contributed by atoms with Gasteiger partial charge in [-0.05, 0) is 46.7 Å². The van der Waals surface area contributed by atoms with Crippen LogP contribution in [0, 0.1) is 6.92 Å². The molecule has 0 N–H and O–H groups in total. The summed E-state index contributed by atoms with van der Waals surface area (Å²) in [6.45, 7) is 3.45. The first-order chi connectivity index (χ1) is 14.7. The molecular weight excluding hydrogens is 394 g/mol. The minimum absolute atomic E-state index is 0.556. The highest BCUT2D eigenvalue weighted by atomic mass is 35.5. The van der Waals surface area contributed by atoms with E-state index in [4.69, 9.17) is 11.6 Å². The summed E-state index contributed by atoms with van der Waals surface area (Å²) in [6, 6.07) is 24.8. The van der Waals surface area contributed by atoms with Crippen LogP contribution in [0.1, 0.15) is 16.7 Å². The molecule has 0 aliphatic heterocycles. The minimum Gasteiger partial charge on any atom is -0.342 e. The number of aromatic nitrogens is 5. The quantitative estimate of drug-likeness (QED) is 0.390. The van der Waals surface area contributed by atoms with Crippen molar-refractivity contribution in [3.05, 3.63) is 101 Å². The van der Waals surface area contributed by atoms with E-state index in [9.17, 15) is 0 Å². The molecule has 5 nitrogen and oxygen atoms in total. The van der Waals surface area contributed by atoms with Crippen molar-refractivity contribution in [2.24, 2.45) is 0 Å². The second kappa shape index (κ2) is 7.76. The van der Waals surface area contributed by atoms with Crippen LogP contribution in [0.4, 0.5) is 0 Å². The summed E-state index contributed by atoms with van der Waals surface area (Å²) < 4.78 is 4.08. The molecule has 0 aliphatic rings. The van der Waals surface area contributed by atoms with Gasteiger partial charge in [0.15, 0.2) is 5.82 Å². The number of hydrogen-bond donors (Lipinski definition) is 0. The Labute approximate surface area is 179 Å². The number of halogens is 1. The second-order valence-electron chi connectivity index (χ2n) is 7.46. The Bertz CT molecular complexity index is 1320. The normalized spacial score (nSPS) is 11.3. The molecule has 0 bridgehead atoms. The zero-order valence-electron chi connectivity index (χ0n) is 16.5. The van der Waals surface area contributed by atoms with Gasteiger partial charge in [-0.15, -0.1) is 5.10 Å². The number of aryl methyl sites for hydroxylation is 1. The number of nitrogens with zero attached hydrogens (tertiary/aromatic N) is 5. The van der Waals surface area contributed by atoms with E-state index in [1.807, 2.05) is 35.0 Å². The molecule has 6 heteroatoms. The van der Waals surface area contributed by atoms with Crippen molar-refractivity contribution < 1.29 is 0 Å². The third kappa shape index (κ3) is 3.60. The highest BCUT2D eigenvalue weighted by molar-refractivity contribution is 6.30. The number of benzene rings is 3. The average Bonchev–Trinajstić information content (AvgIpc) is 3.34. The Balaban J connectivity index is 1.56. The summed E-state index contributed by atoms with van der Waals surface area (Å²) in [5.74, 6) is 0.744. The first-order valence-electron chi connectivity index (χ1n) is 9.82. The predicted octanol–water partition coefficient (Wildman–Crippen LogP) is 5.35. The molecule has 2 aromatic heterocycles. The fraction of sp³-hybridized carbons (Fsp3) is 0.125. The summed E-state index contributed by atoms with van der Waals surface area (Å²) in [5, 5.41) is 14.4. The van der Waals surface area contributed by atoms with Gasteiger partial charge in [-0.2, -0.15) is 0 Å². The molecule has 0 radical (unpaired) electrons. The first kappa shape index (κ1) is 18.6. The topological polar surface area (TPSA) is 48.5 Å². The zero-order valence-corrected chi connectivity index (χ0v) is 17.3. The standard InChI is InChI=1S/C24H20ClN5/c1-17-9-11-18(12-10-17)14-29-16-22(21-7-2-3-8-23(21)29)24-26-27-28-30(24)15-19-5-4-6-20(25)13-19/h2-13,16H,14-15H2,1H3. The van der Waals surface area contributed by atoms with Crippen LogP contribution in [0.15, 0.2) is 79.0 Å². The van der Waals surface area contributed by atoms with E-state index in [1.54, 1.807) is 0 Å².